The molecule has 0 saturated carbocycles. The molecule has 2 N–H and O–H groups in total. The third-order valence-electron chi connectivity index (χ3n) is 3.93. The molecule has 0 spiro atoms. The van der Waals surface area contributed by atoms with Crippen molar-refractivity contribution in [2.24, 2.45) is 5.92 Å². The maximum Gasteiger partial charge on any atom is 0.222 e. The van der Waals surface area contributed by atoms with Crippen LogP contribution < -0.4 is 10.6 Å². The van der Waals surface area contributed by atoms with Gasteiger partial charge in [-0.2, -0.15) is 0 Å². The van der Waals surface area contributed by atoms with Crippen LogP contribution in [-0.4, -0.2) is 38.3 Å². The molecule has 1 aliphatic heterocycles. The van der Waals surface area contributed by atoms with Crippen LogP contribution in [0.2, 0.25) is 0 Å². The van der Waals surface area contributed by atoms with E-state index in [2.05, 4.69) is 22.8 Å². The van der Waals surface area contributed by atoms with Gasteiger partial charge in [0.2, 0.25) is 5.91 Å². The van der Waals surface area contributed by atoms with Crippen molar-refractivity contribution in [2.45, 2.75) is 44.6 Å². The van der Waals surface area contributed by atoms with Crippen molar-refractivity contribution in [3.63, 3.8) is 0 Å². The Hall–Kier alpha value is -0.870. The lowest BCUT2D eigenvalue weighted by atomic mass is 9.94. The summed E-state index contributed by atoms with van der Waals surface area (Å²) in [5, 5.41) is 6.33. The highest BCUT2D eigenvalue weighted by molar-refractivity contribution is 5.75. The maximum atomic E-state index is 11.7. The molecule has 4 heteroatoms. The van der Waals surface area contributed by atoms with Gasteiger partial charge in [-0.1, -0.05) is 12.2 Å². The zero-order chi connectivity index (χ0) is 13.3. The molecular formula is C15H26N2O2. The second kappa shape index (κ2) is 8.33. The molecule has 1 heterocycles. The van der Waals surface area contributed by atoms with Crippen molar-refractivity contribution in [1.29, 1.82) is 0 Å². The number of piperidine rings is 1. The lowest BCUT2D eigenvalue weighted by molar-refractivity contribution is -0.122. The van der Waals surface area contributed by atoms with Gasteiger partial charge in [0.25, 0.3) is 0 Å². The smallest absolute Gasteiger partial charge is 0.222 e. The van der Waals surface area contributed by atoms with Crippen LogP contribution in [0.5, 0.6) is 0 Å². The summed E-state index contributed by atoms with van der Waals surface area (Å²) < 4.78 is 5.73. The molecule has 0 radical (unpaired) electrons. The van der Waals surface area contributed by atoms with E-state index in [9.17, 15) is 4.79 Å². The van der Waals surface area contributed by atoms with E-state index in [1.54, 1.807) is 0 Å². The monoisotopic (exact) mass is 266 g/mol. The molecule has 2 rings (SSSR count). The van der Waals surface area contributed by atoms with Crippen LogP contribution >= 0.6 is 0 Å². The first-order valence-corrected chi connectivity index (χ1v) is 7.58. The molecule has 1 fully saturated rings. The van der Waals surface area contributed by atoms with E-state index in [-0.39, 0.29) is 5.91 Å². The minimum Gasteiger partial charge on any atom is -0.378 e. The summed E-state index contributed by atoms with van der Waals surface area (Å²) in [7, 11) is 0. The largest absolute Gasteiger partial charge is 0.378 e. The van der Waals surface area contributed by atoms with Crippen LogP contribution in [0, 0.1) is 5.92 Å². The number of ether oxygens (including phenoxy) is 1. The van der Waals surface area contributed by atoms with Crippen LogP contribution in [-0.2, 0) is 9.53 Å². The molecule has 19 heavy (non-hydrogen) atoms. The molecule has 0 bridgehead atoms. The summed E-state index contributed by atoms with van der Waals surface area (Å²) in [4.78, 5) is 11.7. The fourth-order valence-electron chi connectivity index (χ4n) is 2.67. The standard InChI is InChI=1S/C15H26N2O2/c18-15(17-12-13-4-2-1-3-5-13)8-11-19-14-6-9-16-10-7-14/h1-2,13-14,16H,3-12H2,(H,17,18). The van der Waals surface area contributed by atoms with Gasteiger partial charge in [-0.15, -0.1) is 0 Å². The van der Waals surface area contributed by atoms with E-state index in [1.807, 2.05) is 0 Å². The van der Waals surface area contributed by atoms with E-state index in [0.717, 1.165) is 45.3 Å². The van der Waals surface area contributed by atoms with Gasteiger partial charge in [-0.3, -0.25) is 4.79 Å². The van der Waals surface area contributed by atoms with Crippen LogP contribution in [0.15, 0.2) is 12.2 Å². The predicted octanol–water partition coefficient (Wildman–Crippen LogP) is 1.62. The van der Waals surface area contributed by atoms with Crippen molar-refractivity contribution < 1.29 is 9.53 Å². The minimum atomic E-state index is 0.128. The Morgan fingerprint density at radius 1 is 1.26 bits per heavy atom. The Balaban J connectivity index is 1.50. The third kappa shape index (κ3) is 5.74. The summed E-state index contributed by atoms with van der Waals surface area (Å²) in [6.45, 7) is 3.44. The molecule has 1 saturated heterocycles. The first kappa shape index (κ1) is 14.5. The topological polar surface area (TPSA) is 50.4 Å². The van der Waals surface area contributed by atoms with E-state index in [4.69, 9.17) is 4.74 Å². The van der Waals surface area contributed by atoms with Gasteiger partial charge in [-0.05, 0) is 51.1 Å². The number of hydrogen-bond donors (Lipinski definition) is 2. The molecule has 0 aromatic rings. The average molecular weight is 266 g/mol. The number of nitrogens with one attached hydrogen (secondary N) is 2. The van der Waals surface area contributed by atoms with Crippen LogP contribution in [0.1, 0.15) is 38.5 Å². The Bertz CT molecular complexity index is 299. The normalized spacial score (nSPS) is 24.3. The molecule has 1 amide bonds. The summed E-state index contributed by atoms with van der Waals surface area (Å²) in [6.07, 6.45) is 10.9. The molecule has 1 aliphatic carbocycles. The van der Waals surface area contributed by atoms with Gasteiger partial charge in [-0.25, -0.2) is 0 Å². The highest BCUT2D eigenvalue weighted by Crippen LogP contribution is 2.16. The number of amides is 1. The number of allylic oxidation sites excluding steroid dienone is 2. The zero-order valence-corrected chi connectivity index (χ0v) is 11.7. The first-order chi connectivity index (χ1) is 9.34. The SMILES string of the molecule is O=C(CCOC1CCNCC1)NCC1CC=CCC1. The molecular weight excluding hydrogens is 240 g/mol. The summed E-state index contributed by atoms with van der Waals surface area (Å²) >= 11 is 0. The maximum absolute atomic E-state index is 11.7. The molecule has 0 aromatic carbocycles. The number of rotatable bonds is 6. The lowest BCUT2D eigenvalue weighted by Gasteiger charge is -2.23. The van der Waals surface area contributed by atoms with E-state index >= 15 is 0 Å². The minimum absolute atomic E-state index is 0.128. The summed E-state index contributed by atoms with van der Waals surface area (Å²) in [5.74, 6) is 0.753. The molecule has 4 nitrogen and oxygen atoms in total. The second-order valence-electron chi connectivity index (χ2n) is 5.52. The van der Waals surface area contributed by atoms with E-state index < -0.39 is 0 Å². The van der Waals surface area contributed by atoms with Crippen molar-refractivity contribution in [1.82, 2.24) is 10.6 Å². The van der Waals surface area contributed by atoms with Crippen molar-refractivity contribution in [2.75, 3.05) is 26.2 Å². The molecule has 0 aromatic heterocycles. The van der Waals surface area contributed by atoms with Gasteiger partial charge in [0.05, 0.1) is 12.7 Å². The van der Waals surface area contributed by atoms with Crippen LogP contribution in [0.3, 0.4) is 0 Å². The van der Waals surface area contributed by atoms with E-state index in [1.165, 1.54) is 6.42 Å². The third-order valence-corrected chi connectivity index (χ3v) is 3.93. The van der Waals surface area contributed by atoms with E-state index in [0.29, 0.717) is 25.0 Å². The number of carbonyl (C=O) groups excluding carboxylic acids is 1. The lowest BCUT2D eigenvalue weighted by Crippen LogP contribution is -2.34. The zero-order valence-electron chi connectivity index (χ0n) is 11.7. The van der Waals surface area contributed by atoms with Crippen molar-refractivity contribution in [3.8, 4) is 0 Å². The van der Waals surface area contributed by atoms with Crippen molar-refractivity contribution in [3.05, 3.63) is 12.2 Å². The Kier molecular flexibility index (Phi) is 6.37. The first-order valence-electron chi connectivity index (χ1n) is 7.58. The summed E-state index contributed by atoms with van der Waals surface area (Å²) in [6, 6.07) is 0. The molecule has 1 unspecified atom stereocenters. The highest BCUT2D eigenvalue weighted by atomic mass is 16.5. The molecule has 2 aliphatic rings. The second-order valence-corrected chi connectivity index (χ2v) is 5.52. The summed E-state index contributed by atoms with van der Waals surface area (Å²) in [5.41, 5.74) is 0. The fourth-order valence-corrected chi connectivity index (χ4v) is 2.67. The number of carbonyl (C=O) groups is 1. The van der Waals surface area contributed by atoms with Crippen LogP contribution in [0.4, 0.5) is 0 Å². The number of hydrogen-bond acceptors (Lipinski definition) is 3. The van der Waals surface area contributed by atoms with Gasteiger partial charge in [0.15, 0.2) is 0 Å². The van der Waals surface area contributed by atoms with Gasteiger partial charge >= 0.3 is 0 Å². The van der Waals surface area contributed by atoms with Gasteiger partial charge < -0.3 is 15.4 Å². The average Bonchev–Trinajstić information content (AvgIpc) is 2.47. The van der Waals surface area contributed by atoms with Crippen molar-refractivity contribution >= 4 is 5.91 Å². The van der Waals surface area contributed by atoms with Gasteiger partial charge in [0, 0.05) is 13.0 Å². The van der Waals surface area contributed by atoms with Crippen LogP contribution in [0.25, 0.3) is 0 Å². The Morgan fingerprint density at radius 2 is 2.11 bits per heavy atom. The highest BCUT2D eigenvalue weighted by Gasteiger charge is 2.14. The van der Waals surface area contributed by atoms with Gasteiger partial charge in [0.1, 0.15) is 0 Å². The molecule has 108 valence electrons. The Labute approximate surface area is 116 Å². The molecule has 1 atom stereocenters. The predicted molar refractivity (Wildman–Crippen MR) is 76.0 cm³/mol. The Morgan fingerprint density at radius 3 is 2.84 bits per heavy atom. The fraction of sp³-hybridized carbons (Fsp3) is 0.800. The quantitative estimate of drug-likeness (QED) is 0.718.